The fourth-order valence-corrected chi connectivity index (χ4v) is 3.46. The number of rotatable bonds is 5. The van der Waals surface area contributed by atoms with Crippen molar-refractivity contribution < 1.29 is 14.0 Å². The maximum Gasteiger partial charge on any atom is 0.233 e. The van der Waals surface area contributed by atoms with Gasteiger partial charge in [-0.05, 0) is 31.5 Å². The Morgan fingerprint density at radius 3 is 2.95 bits per heavy atom. The number of carbonyl (C=O) groups is 2. The van der Waals surface area contributed by atoms with Gasteiger partial charge in [0.15, 0.2) is 0 Å². The minimum absolute atomic E-state index is 0.00777. The summed E-state index contributed by atoms with van der Waals surface area (Å²) in [4.78, 5) is 25.3. The number of nitrogens with one attached hydrogen (secondary N) is 1. The minimum Gasteiger partial charge on any atom is -0.354 e. The molecule has 4 nitrogen and oxygen atoms in total. The van der Waals surface area contributed by atoms with Crippen molar-refractivity contribution in [3.05, 3.63) is 35.6 Å². The van der Waals surface area contributed by atoms with Crippen molar-refractivity contribution in [3.63, 3.8) is 0 Å². The first-order valence-electron chi connectivity index (χ1n) is 6.93. The zero-order chi connectivity index (χ0) is 15.4. The van der Waals surface area contributed by atoms with Crippen LogP contribution in [0.3, 0.4) is 0 Å². The van der Waals surface area contributed by atoms with Crippen molar-refractivity contribution in [1.29, 1.82) is 0 Å². The molecule has 0 bridgehead atoms. The zero-order valence-electron chi connectivity index (χ0n) is 12.1. The fraction of sp³-hybridized carbons (Fsp3) is 0.467. The standard InChI is InChI=1S/C15H19FN2O2S/c1-10(2)17-13(19)6-7-18-14(20)9-21-15(18)11-4-3-5-12(16)8-11/h3-5,8,10,15H,6-7,9H2,1-2H3,(H,17,19). The van der Waals surface area contributed by atoms with E-state index in [0.29, 0.717) is 12.3 Å². The van der Waals surface area contributed by atoms with E-state index in [1.807, 2.05) is 13.8 Å². The highest BCUT2D eigenvalue weighted by molar-refractivity contribution is 8.00. The first-order valence-corrected chi connectivity index (χ1v) is 7.98. The first kappa shape index (κ1) is 15.8. The normalized spacial score (nSPS) is 18.4. The summed E-state index contributed by atoms with van der Waals surface area (Å²) in [5, 5.41) is 2.59. The molecular weight excluding hydrogens is 291 g/mol. The Bertz CT molecular complexity index is 536. The molecule has 6 heteroatoms. The topological polar surface area (TPSA) is 49.4 Å². The number of benzene rings is 1. The van der Waals surface area contributed by atoms with Gasteiger partial charge in [-0.1, -0.05) is 12.1 Å². The number of thioether (sulfide) groups is 1. The van der Waals surface area contributed by atoms with Crippen LogP contribution in [0.4, 0.5) is 4.39 Å². The van der Waals surface area contributed by atoms with Crippen LogP contribution in [0, 0.1) is 5.82 Å². The Morgan fingerprint density at radius 1 is 1.52 bits per heavy atom. The Balaban J connectivity index is 2.02. The van der Waals surface area contributed by atoms with E-state index >= 15 is 0 Å². The second kappa shape index (κ2) is 6.93. The highest BCUT2D eigenvalue weighted by atomic mass is 32.2. The predicted molar refractivity (Wildman–Crippen MR) is 81.2 cm³/mol. The van der Waals surface area contributed by atoms with Gasteiger partial charge in [0.2, 0.25) is 11.8 Å². The number of hydrogen-bond donors (Lipinski definition) is 1. The van der Waals surface area contributed by atoms with Crippen molar-refractivity contribution in [1.82, 2.24) is 10.2 Å². The summed E-state index contributed by atoms with van der Waals surface area (Å²) in [5.41, 5.74) is 0.759. The Kier molecular flexibility index (Phi) is 5.22. The third-order valence-corrected chi connectivity index (χ3v) is 4.39. The Labute approximate surface area is 128 Å². The van der Waals surface area contributed by atoms with Gasteiger partial charge in [0.25, 0.3) is 0 Å². The molecule has 1 atom stereocenters. The lowest BCUT2D eigenvalue weighted by Gasteiger charge is -2.24. The fourth-order valence-electron chi connectivity index (χ4n) is 2.25. The van der Waals surface area contributed by atoms with Crippen LogP contribution in [0.15, 0.2) is 24.3 Å². The van der Waals surface area contributed by atoms with Gasteiger partial charge >= 0.3 is 0 Å². The van der Waals surface area contributed by atoms with Crippen molar-refractivity contribution in [3.8, 4) is 0 Å². The van der Waals surface area contributed by atoms with Crippen LogP contribution in [0.5, 0.6) is 0 Å². The highest BCUT2D eigenvalue weighted by Crippen LogP contribution is 2.38. The van der Waals surface area contributed by atoms with Gasteiger partial charge in [0.1, 0.15) is 11.2 Å². The molecule has 1 fully saturated rings. The molecule has 2 rings (SSSR count). The lowest BCUT2D eigenvalue weighted by molar-refractivity contribution is -0.129. The van der Waals surface area contributed by atoms with Crippen LogP contribution in [0.1, 0.15) is 31.2 Å². The van der Waals surface area contributed by atoms with E-state index in [-0.39, 0.29) is 35.5 Å². The van der Waals surface area contributed by atoms with Crippen LogP contribution < -0.4 is 5.32 Å². The van der Waals surface area contributed by atoms with Crippen molar-refractivity contribution >= 4 is 23.6 Å². The van der Waals surface area contributed by atoms with Crippen molar-refractivity contribution in [2.45, 2.75) is 31.7 Å². The van der Waals surface area contributed by atoms with E-state index in [1.165, 1.54) is 23.9 Å². The summed E-state index contributed by atoms with van der Waals surface area (Å²) in [7, 11) is 0. The molecule has 1 heterocycles. The molecule has 1 aromatic carbocycles. The molecule has 0 aromatic heterocycles. The predicted octanol–water partition coefficient (Wildman–Crippen LogP) is 2.31. The van der Waals surface area contributed by atoms with E-state index in [2.05, 4.69) is 5.32 Å². The molecular formula is C15H19FN2O2S. The lowest BCUT2D eigenvalue weighted by Crippen LogP contribution is -2.35. The van der Waals surface area contributed by atoms with E-state index in [0.717, 1.165) is 5.56 Å². The van der Waals surface area contributed by atoms with Gasteiger partial charge in [-0.25, -0.2) is 4.39 Å². The molecule has 0 radical (unpaired) electrons. The molecule has 1 aliphatic heterocycles. The summed E-state index contributed by atoms with van der Waals surface area (Å²) in [6.45, 7) is 4.14. The van der Waals surface area contributed by atoms with Gasteiger partial charge < -0.3 is 10.2 Å². The molecule has 1 unspecified atom stereocenters. The third-order valence-electron chi connectivity index (χ3n) is 3.13. The van der Waals surface area contributed by atoms with Crippen LogP contribution in [0.25, 0.3) is 0 Å². The number of nitrogens with zero attached hydrogens (tertiary/aromatic N) is 1. The van der Waals surface area contributed by atoms with Gasteiger partial charge in [0.05, 0.1) is 5.75 Å². The number of amides is 2. The monoisotopic (exact) mass is 310 g/mol. The number of carbonyl (C=O) groups excluding carboxylic acids is 2. The van der Waals surface area contributed by atoms with Gasteiger partial charge in [-0.15, -0.1) is 11.8 Å². The van der Waals surface area contributed by atoms with Crippen LogP contribution in [-0.4, -0.2) is 35.1 Å². The van der Waals surface area contributed by atoms with Gasteiger partial charge in [-0.3, -0.25) is 9.59 Å². The SMILES string of the molecule is CC(C)NC(=O)CCN1C(=O)CSC1c1cccc(F)c1. The zero-order valence-corrected chi connectivity index (χ0v) is 13.0. The van der Waals surface area contributed by atoms with E-state index < -0.39 is 0 Å². The van der Waals surface area contributed by atoms with E-state index in [1.54, 1.807) is 17.0 Å². The summed E-state index contributed by atoms with van der Waals surface area (Å²) < 4.78 is 13.3. The molecule has 21 heavy (non-hydrogen) atoms. The number of hydrogen-bond acceptors (Lipinski definition) is 3. The number of halogens is 1. The second-order valence-corrected chi connectivity index (χ2v) is 6.35. The third kappa shape index (κ3) is 4.20. The lowest BCUT2D eigenvalue weighted by atomic mass is 10.2. The van der Waals surface area contributed by atoms with Crippen LogP contribution >= 0.6 is 11.8 Å². The Hall–Kier alpha value is -1.56. The van der Waals surface area contributed by atoms with Gasteiger partial charge in [-0.2, -0.15) is 0 Å². The molecule has 1 aliphatic rings. The molecule has 1 aromatic rings. The molecule has 0 saturated carbocycles. The summed E-state index contributed by atoms with van der Waals surface area (Å²) in [6, 6.07) is 6.35. The first-order chi connectivity index (χ1) is 9.97. The molecule has 1 saturated heterocycles. The molecule has 114 valence electrons. The van der Waals surface area contributed by atoms with Crippen molar-refractivity contribution in [2.75, 3.05) is 12.3 Å². The average molecular weight is 310 g/mol. The maximum atomic E-state index is 13.3. The van der Waals surface area contributed by atoms with E-state index in [9.17, 15) is 14.0 Å². The summed E-state index contributed by atoms with van der Waals surface area (Å²) in [5.74, 6) is -0.0308. The molecule has 0 spiro atoms. The van der Waals surface area contributed by atoms with E-state index in [4.69, 9.17) is 0 Å². The minimum atomic E-state index is -0.315. The quantitative estimate of drug-likeness (QED) is 0.908. The maximum absolute atomic E-state index is 13.3. The summed E-state index contributed by atoms with van der Waals surface area (Å²) >= 11 is 1.46. The molecule has 0 aliphatic carbocycles. The van der Waals surface area contributed by atoms with Crippen LogP contribution in [-0.2, 0) is 9.59 Å². The largest absolute Gasteiger partial charge is 0.354 e. The van der Waals surface area contributed by atoms with Crippen molar-refractivity contribution in [2.24, 2.45) is 0 Å². The highest BCUT2D eigenvalue weighted by Gasteiger charge is 2.32. The summed E-state index contributed by atoms with van der Waals surface area (Å²) in [6.07, 6.45) is 0.260. The smallest absolute Gasteiger partial charge is 0.233 e. The van der Waals surface area contributed by atoms with Crippen LogP contribution in [0.2, 0.25) is 0 Å². The molecule has 1 N–H and O–H groups in total. The Morgan fingerprint density at radius 2 is 2.29 bits per heavy atom. The average Bonchev–Trinajstić information content (AvgIpc) is 2.77. The van der Waals surface area contributed by atoms with Gasteiger partial charge in [0, 0.05) is 19.0 Å². The molecule has 2 amide bonds. The second-order valence-electron chi connectivity index (χ2n) is 5.28.